The smallest absolute Gasteiger partial charge is 0.306 e. The molecule has 5 rings (SSSR count). The second-order valence-electron chi connectivity index (χ2n) is 19.9. The summed E-state index contributed by atoms with van der Waals surface area (Å²) >= 11 is 0. The summed E-state index contributed by atoms with van der Waals surface area (Å²) in [5.74, 6) is 3.33. The van der Waals surface area contributed by atoms with E-state index in [1.54, 1.807) is 0 Å². The molecule has 1 saturated heterocycles. The van der Waals surface area contributed by atoms with Gasteiger partial charge in [0.05, 0.1) is 6.10 Å². The number of aliphatic hydroxyl groups is 1. The van der Waals surface area contributed by atoms with Gasteiger partial charge < -0.3 is 25.0 Å². The van der Waals surface area contributed by atoms with Crippen LogP contribution in [0.15, 0.2) is 0 Å². The minimum Gasteiger partial charge on any atom is -0.462 e. The molecule has 1 heterocycles. The number of likely N-dealkylation sites (N-methyl/N-ethyl adjacent to an activating group) is 1. The van der Waals surface area contributed by atoms with Crippen LogP contribution >= 0.6 is 0 Å². The van der Waals surface area contributed by atoms with Crippen LogP contribution in [-0.4, -0.2) is 85.3 Å². The van der Waals surface area contributed by atoms with Gasteiger partial charge in [0.1, 0.15) is 6.10 Å². The van der Waals surface area contributed by atoms with Crippen LogP contribution in [0.4, 0.5) is 0 Å². The number of rotatable bonds is 22. The Kier molecular flexibility index (Phi) is 17.5. The van der Waals surface area contributed by atoms with E-state index in [2.05, 4.69) is 49.9 Å². The van der Waals surface area contributed by atoms with Gasteiger partial charge in [-0.1, -0.05) is 98.3 Å². The summed E-state index contributed by atoms with van der Waals surface area (Å²) in [5, 5.41) is 15.1. The summed E-state index contributed by atoms with van der Waals surface area (Å²) in [6, 6.07) is 0. The Morgan fingerprint density at radius 2 is 1.41 bits per heavy atom. The Hall–Kier alpha value is -1.18. The van der Waals surface area contributed by atoms with Crippen molar-refractivity contribution >= 4 is 11.9 Å². The molecular weight excluding hydrogens is 671 g/mol. The molecule has 4 aliphatic carbocycles. The van der Waals surface area contributed by atoms with Crippen LogP contribution in [-0.2, 0) is 14.3 Å². The van der Waals surface area contributed by atoms with Crippen molar-refractivity contribution in [2.75, 3.05) is 46.3 Å². The maximum atomic E-state index is 12.9. The van der Waals surface area contributed by atoms with Gasteiger partial charge in [-0.05, 0) is 131 Å². The quantitative estimate of drug-likeness (QED) is 0.0846. The predicted molar refractivity (Wildman–Crippen MR) is 222 cm³/mol. The SMILES string of the molecule is CCCCCCCCCCCCCCNC(=O)CC[C@@H](C)[C@H]1CC[C@H]2[C@@H]3[C@@H](O)C[C@@H]4C[C@H](OC(=O)CCCN5CCN(C)CC5)CC[C@]4(C)[C@H]3CC[C@]12C. The van der Waals surface area contributed by atoms with Gasteiger partial charge in [-0.2, -0.15) is 0 Å². The number of aliphatic hydroxyl groups excluding tert-OH is 1. The van der Waals surface area contributed by atoms with Crippen LogP contribution < -0.4 is 5.32 Å². The second-order valence-corrected chi connectivity index (χ2v) is 19.9. The van der Waals surface area contributed by atoms with Gasteiger partial charge in [-0.3, -0.25) is 9.59 Å². The zero-order valence-electron chi connectivity index (χ0n) is 35.9. The lowest BCUT2D eigenvalue weighted by Crippen LogP contribution is -2.58. The topological polar surface area (TPSA) is 82.1 Å². The highest BCUT2D eigenvalue weighted by Crippen LogP contribution is 2.68. The van der Waals surface area contributed by atoms with Gasteiger partial charge in [0.2, 0.25) is 5.91 Å². The fourth-order valence-electron chi connectivity index (χ4n) is 12.9. The molecule has 0 aromatic rings. The van der Waals surface area contributed by atoms with E-state index >= 15 is 0 Å². The number of hydrogen-bond donors (Lipinski definition) is 2. The maximum absolute atomic E-state index is 12.9. The molecule has 10 atom stereocenters. The van der Waals surface area contributed by atoms with Gasteiger partial charge >= 0.3 is 5.97 Å². The molecule has 54 heavy (non-hydrogen) atoms. The molecule has 312 valence electrons. The highest BCUT2D eigenvalue weighted by atomic mass is 16.5. The maximum Gasteiger partial charge on any atom is 0.306 e. The summed E-state index contributed by atoms with van der Waals surface area (Å²) in [6.07, 6.45) is 27.7. The molecule has 0 spiro atoms. The number of fused-ring (bicyclic) bond motifs is 5. The fourth-order valence-corrected chi connectivity index (χ4v) is 12.9. The number of esters is 1. The standard InChI is InChI=1S/C47H85N3O4/c1-6-7-8-9-10-11-12-13-14-15-16-17-28-48-43(52)23-20-36(2)39-21-22-40-45-41(25-27-47(39,40)4)46(3)26-24-38(34-37(46)35-42(45)51)54-44(53)19-18-29-50-32-30-49(5)31-33-50/h36-42,45,51H,6-35H2,1-5H3,(H,48,52)/t36-,37+,38-,39-,40+,41+,42+,45+,46+,47-/m1/s1. The molecule has 1 aliphatic heterocycles. The van der Waals surface area contributed by atoms with Crippen molar-refractivity contribution in [3.63, 3.8) is 0 Å². The molecule has 7 heteroatoms. The summed E-state index contributed by atoms with van der Waals surface area (Å²) in [4.78, 5) is 30.6. The van der Waals surface area contributed by atoms with Crippen molar-refractivity contribution in [2.45, 2.75) is 194 Å². The van der Waals surface area contributed by atoms with Crippen molar-refractivity contribution < 1.29 is 19.4 Å². The molecule has 2 N–H and O–H groups in total. The molecule has 0 aromatic carbocycles. The summed E-state index contributed by atoms with van der Waals surface area (Å²) in [7, 11) is 2.18. The average molecular weight is 756 g/mol. The van der Waals surface area contributed by atoms with Gasteiger partial charge in [-0.15, -0.1) is 0 Å². The number of carbonyl (C=O) groups is 2. The van der Waals surface area contributed by atoms with Crippen LogP contribution in [0.2, 0.25) is 0 Å². The molecule has 5 fully saturated rings. The zero-order valence-corrected chi connectivity index (χ0v) is 35.9. The molecule has 4 saturated carbocycles. The van der Waals surface area contributed by atoms with Crippen LogP contribution in [0.3, 0.4) is 0 Å². The Labute approximate surface area is 332 Å². The number of nitrogens with one attached hydrogen (secondary N) is 1. The Morgan fingerprint density at radius 1 is 0.778 bits per heavy atom. The molecule has 1 amide bonds. The molecule has 0 bridgehead atoms. The van der Waals surface area contributed by atoms with Crippen molar-refractivity contribution in [3.05, 3.63) is 0 Å². The molecule has 0 radical (unpaired) electrons. The number of nitrogens with zero attached hydrogens (tertiary/aromatic N) is 2. The first-order chi connectivity index (χ1) is 26.0. The van der Waals surface area contributed by atoms with E-state index in [4.69, 9.17) is 4.74 Å². The van der Waals surface area contributed by atoms with Gasteiger partial charge in [-0.25, -0.2) is 0 Å². The zero-order chi connectivity index (χ0) is 38.6. The van der Waals surface area contributed by atoms with Gasteiger partial charge in [0.15, 0.2) is 0 Å². The van der Waals surface area contributed by atoms with Gasteiger partial charge in [0.25, 0.3) is 0 Å². The third-order valence-electron chi connectivity index (χ3n) is 16.3. The van der Waals surface area contributed by atoms with E-state index in [1.165, 1.54) is 96.3 Å². The number of amides is 1. The third kappa shape index (κ3) is 11.7. The highest BCUT2D eigenvalue weighted by molar-refractivity contribution is 5.75. The Balaban J connectivity index is 0.984. The predicted octanol–water partition coefficient (Wildman–Crippen LogP) is 9.79. The first kappa shape index (κ1) is 43.9. The second kappa shape index (κ2) is 21.5. The van der Waals surface area contributed by atoms with Crippen molar-refractivity contribution in [2.24, 2.45) is 46.3 Å². The Bertz CT molecular complexity index is 1130. The van der Waals surface area contributed by atoms with Crippen LogP contribution in [0.5, 0.6) is 0 Å². The van der Waals surface area contributed by atoms with E-state index in [1.807, 2.05) is 0 Å². The average Bonchev–Trinajstić information content (AvgIpc) is 3.51. The fraction of sp³-hybridized carbons (Fsp3) is 0.957. The van der Waals surface area contributed by atoms with E-state index in [9.17, 15) is 14.7 Å². The van der Waals surface area contributed by atoms with Crippen molar-refractivity contribution in [1.82, 2.24) is 15.1 Å². The highest BCUT2D eigenvalue weighted by Gasteiger charge is 2.63. The first-order valence-electron chi connectivity index (χ1n) is 23.6. The third-order valence-corrected chi connectivity index (χ3v) is 16.3. The molecule has 7 nitrogen and oxygen atoms in total. The minimum atomic E-state index is -0.254. The Morgan fingerprint density at radius 3 is 2.09 bits per heavy atom. The molecular formula is C47H85N3O4. The molecule has 0 unspecified atom stereocenters. The molecule has 5 aliphatic rings. The van der Waals surface area contributed by atoms with E-state index < -0.39 is 0 Å². The molecule has 0 aromatic heterocycles. The van der Waals surface area contributed by atoms with Crippen LogP contribution in [0.25, 0.3) is 0 Å². The lowest BCUT2D eigenvalue weighted by Gasteiger charge is -2.62. The normalized spacial score (nSPS) is 34.8. The number of unbranched alkanes of at least 4 members (excludes halogenated alkanes) is 11. The number of carbonyl (C=O) groups excluding carboxylic acids is 2. The first-order valence-corrected chi connectivity index (χ1v) is 23.6. The van der Waals surface area contributed by atoms with Crippen LogP contribution in [0, 0.1) is 46.3 Å². The number of hydrogen-bond acceptors (Lipinski definition) is 6. The number of ether oxygens (including phenoxy) is 1. The van der Waals surface area contributed by atoms with Gasteiger partial charge in [0, 0.05) is 45.6 Å². The lowest BCUT2D eigenvalue weighted by molar-refractivity contribution is -0.183. The lowest BCUT2D eigenvalue weighted by atomic mass is 9.43. The van der Waals surface area contributed by atoms with Crippen molar-refractivity contribution in [1.29, 1.82) is 0 Å². The summed E-state index contributed by atoms with van der Waals surface area (Å²) in [5.41, 5.74) is 0.484. The number of piperazine rings is 1. The van der Waals surface area contributed by atoms with E-state index in [-0.39, 0.29) is 34.9 Å². The summed E-state index contributed by atoms with van der Waals surface area (Å²) < 4.78 is 6.12. The van der Waals surface area contributed by atoms with Crippen LogP contribution in [0.1, 0.15) is 182 Å². The largest absolute Gasteiger partial charge is 0.462 e. The summed E-state index contributed by atoms with van der Waals surface area (Å²) in [6.45, 7) is 16.0. The minimum absolute atomic E-state index is 0.00951. The van der Waals surface area contributed by atoms with E-state index in [0.29, 0.717) is 48.3 Å². The van der Waals surface area contributed by atoms with Crippen molar-refractivity contribution in [3.8, 4) is 0 Å². The van der Waals surface area contributed by atoms with E-state index in [0.717, 1.165) is 84.2 Å². The monoisotopic (exact) mass is 756 g/mol.